The summed E-state index contributed by atoms with van der Waals surface area (Å²) in [7, 11) is -3.51. The van der Waals surface area contributed by atoms with Crippen molar-refractivity contribution in [2.45, 2.75) is 5.75 Å². The molecule has 0 heterocycles. The number of hydrogen-bond acceptors (Lipinski definition) is 2. The van der Waals surface area contributed by atoms with Crippen LogP contribution in [0.1, 0.15) is 5.56 Å². The molecule has 1 aromatic carbocycles. The maximum Gasteiger partial charge on any atom is 0.213 e. The van der Waals surface area contributed by atoms with Crippen molar-refractivity contribution in [3.63, 3.8) is 0 Å². The van der Waals surface area contributed by atoms with Crippen molar-refractivity contribution in [2.24, 2.45) is 5.14 Å². The molecule has 1 rings (SSSR count). The van der Waals surface area contributed by atoms with E-state index in [1.54, 1.807) is 18.2 Å². The molecule has 0 fully saturated rings. The van der Waals surface area contributed by atoms with Gasteiger partial charge in [0.25, 0.3) is 0 Å². The summed E-state index contributed by atoms with van der Waals surface area (Å²) in [6.45, 7) is 0. The Morgan fingerprint density at radius 2 is 2.08 bits per heavy atom. The van der Waals surface area contributed by atoms with Crippen molar-refractivity contribution in [1.29, 1.82) is 0 Å². The summed E-state index contributed by atoms with van der Waals surface area (Å²) in [6.07, 6.45) is 0. The van der Waals surface area contributed by atoms with Crippen LogP contribution >= 0.6 is 27.5 Å². The Bertz CT molecular complexity index is 419. The molecule has 1 aromatic rings. The fraction of sp³-hybridized carbons (Fsp3) is 0.143. The Morgan fingerprint density at radius 3 is 2.62 bits per heavy atom. The van der Waals surface area contributed by atoms with E-state index in [1.807, 2.05) is 0 Å². The van der Waals surface area contributed by atoms with Crippen molar-refractivity contribution < 1.29 is 8.42 Å². The monoisotopic (exact) mass is 283 g/mol. The van der Waals surface area contributed by atoms with E-state index in [1.165, 1.54) is 0 Å². The lowest BCUT2D eigenvalue weighted by molar-refractivity contribution is 0.597. The fourth-order valence-corrected chi connectivity index (χ4v) is 2.33. The van der Waals surface area contributed by atoms with Crippen LogP contribution in [0.25, 0.3) is 0 Å². The third-order valence-electron chi connectivity index (χ3n) is 1.39. The molecule has 0 amide bonds. The Kier molecular flexibility index (Phi) is 3.34. The number of primary sulfonamides is 1. The first-order valence-corrected chi connectivity index (χ1v) is 6.22. The van der Waals surface area contributed by atoms with Crippen LogP contribution in [0.3, 0.4) is 0 Å². The molecule has 0 aliphatic rings. The molecule has 6 heteroatoms. The van der Waals surface area contributed by atoms with Crippen LogP contribution in [-0.4, -0.2) is 8.42 Å². The van der Waals surface area contributed by atoms with Crippen LogP contribution < -0.4 is 5.14 Å². The standard InChI is InChI=1S/C7H7BrClNO2S/c8-7-5(4-13(10,11)12)2-1-3-6(7)9/h1-3H,4H2,(H2,10,11,12). The Balaban J connectivity index is 3.10. The van der Waals surface area contributed by atoms with E-state index >= 15 is 0 Å². The Labute approximate surface area is 90.1 Å². The molecule has 0 saturated heterocycles. The molecular formula is C7H7BrClNO2S. The third kappa shape index (κ3) is 3.27. The molecule has 2 N–H and O–H groups in total. The van der Waals surface area contributed by atoms with Gasteiger partial charge in [0.1, 0.15) is 0 Å². The predicted octanol–water partition coefficient (Wildman–Crippen LogP) is 1.89. The van der Waals surface area contributed by atoms with Crippen molar-refractivity contribution in [1.82, 2.24) is 0 Å². The van der Waals surface area contributed by atoms with E-state index in [0.29, 0.717) is 15.1 Å². The molecule has 72 valence electrons. The predicted molar refractivity (Wildman–Crippen MR) is 56.0 cm³/mol. The van der Waals surface area contributed by atoms with Crippen molar-refractivity contribution in [3.8, 4) is 0 Å². The zero-order valence-electron chi connectivity index (χ0n) is 6.50. The van der Waals surface area contributed by atoms with Crippen LogP contribution in [0.4, 0.5) is 0 Å². The topological polar surface area (TPSA) is 60.2 Å². The molecular weight excluding hydrogens is 278 g/mol. The molecule has 0 aliphatic heterocycles. The van der Waals surface area contributed by atoms with Crippen LogP contribution in [0.2, 0.25) is 5.02 Å². The zero-order valence-corrected chi connectivity index (χ0v) is 9.66. The normalized spacial score (nSPS) is 11.6. The van der Waals surface area contributed by atoms with Gasteiger partial charge in [0.05, 0.1) is 10.8 Å². The quantitative estimate of drug-likeness (QED) is 0.901. The molecule has 0 aromatic heterocycles. The lowest BCUT2D eigenvalue weighted by Crippen LogP contribution is -2.14. The van der Waals surface area contributed by atoms with Crippen molar-refractivity contribution in [3.05, 3.63) is 33.3 Å². The zero-order chi connectivity index (χ0) is 10.1. The van der Waals surface area contributed by atoms with Crippen molar-refractivity contribution >= 4 is 37.6 Å². The van der Waals surface area contributed by atoms with Crippen LogP contribution in [0.15, 0.2) is 22.7 Å². The summed E-state index contributed by atoms with van der Waals surface area (Å²) < 4.78 is 22.1. The van der Waals surface area contributed by atoms with Gasteiger partial charge >= 0.3 is 0 Å². The van der Waals surface area contributed by atoms with E-state index < -0.39 is 10.0 Å². The second-order valence-corrected chi connectivity index (χ2v) is 5.33. The number of halogens is 2. The SMILES string of the molecule is NS(=O)(=O)Cc1cccc(Cl)c1Br. The summed E-state index contributed by atoms with van der Waals surface area (Å²) >= 11 is 8.94. The Morgan fingerprint density at radius 1 is 1.46 bits per heavy atom. The molecule has 13 heavy (non-hydrogen) atoms. The maximum absolute atomic E-state index is 10.8. The lowest BCUT2D eigenvalue weighted by atomic mass is 10.2. The highest BCUT2D eigenvalue weighted by Crippen LogP contribution is 2.26. The minimum atomic E-state index is -3.51. The summed E-state index contributed by atoms with van der Waals surface area (Å²) in [5.74, 6) is -0.214. The number of benzene rings is 1. The van der Waals surface area contributed by atoms with E-state index in [-0.39, 0.29) is 5.75 Å². The molecule has 3 nitrogen and oxygen atoms in total. The molecule has 0 radical (unpaired) electrons. The van der Waals surface area contributed by atoms with Gasteiger partial charge < -0.3 is 0 Å². The highest BCUT2D eigenvalue weighted by Gasteiger charge is 2.09. The summed E-state index contributed by atoms with van der Waals surface area (Å²) in [6, 6.07) is 4.99. The lowest BCUT2D eigenvalue weighted by Gasteiger charge is -2.03. The smallest absolute Gasteiger partial charge is 0.213 e. The largest absolute Gasteiger partial charge is 0.228 e. The number of nitrogens with two attached hydrogens (primary N) is 1. The van der Waals surface area contributed by atoms with E-state index in [9.17, 15) is 8.42 Å². The Hall–Kier alpha value is -0.100. The number of sulfonamides is 1. The fourth-order valence-electron chi connectivity index (χ4n) is 0.877. The van der Waals surface area contributed by atoms with Gasteiger partial charge in [-0.3, -0.25) is 0 Å². The van der Waals surface area contributed by atoms with Crippen LogP contribution in [0, 0.1) is 0 Å². The van der Waals surface area contributed by atoms with Gasteiger partial charge in [-0.15, -0.1) is 0 Å². The second kappa shape index (κ2) is 3.96. The van der Waals surface area contributed by atoms with Gasteiger partial charge in [-0.2, -0.15) is 0 Å². The highest BCUT2D eigenvalue weighted by molar-refractivity contribution is 9.10. The maximum atomic E-state index is 10.8. The number of hydrogen-bond donors (Lipinski definition) is 1. The first-order chi connectivity index (χ1) is 5.90. The van der Waals surface area contributed by atoms with Gasteiger partial charge in [0.2, 0.25) is 10.0 Å². The van der Waals surface area contributed by atoms with Gasteiger partial charge in [-0.05, 0) is 27.6 Å². The average Bonchev–Trinajstić information content (AvgIpc) is 1.96. The van der Waals surface area contributed by atoms with E-state index in [0.717, 1.165) is 0 Å². The van der Waals surface area contributed by atoms with Gasteiger partial charge in [0.15, 0.2) is 0 Å². The molecule has 0 saturated carbocycles. The minimum Gasteiger partial charge on any atom is -0.228 e. The summed E-state index contributed by atoms with van der Waals surface area (Å²) in [5.41, 5.74) is 0.565. The van der Waals surface area contributed by atoms with Gasteiger partial charge in [-0.25, -0.2) is 13.6 Å². The van der Waals surface area contributed by atoms with Gasteiger partial charge in [-0.1, -0.05) is 23.7 Å². The summed E-state index contributed by atoms with van der Waals surface area (Å²) in [4.78, 5) is 0. The molecule has 0 unspecified atom stereocenters. The number of rotatable bonds is 2. The second-order valence-electron chi connectivity index (χ2n) is 2.52. The third-order valence-corrected chi connectivity index (χ3v) is 3.58. The van der Waals surface area contributed by atoms with Crippen LogP contribution in [-0.2, 0) is 15.8 Å². The van der Waals surface area contributed by atoms with Crippen LogP contribution in [0.5, 0.6) is 0 Å². The molecule has 0 atom stereocenters. The highest BCUT2D eigenvalue weighted by atomic mass is 79.9. The summed E-state index contributed by atoms with van der Waals surface area (Å²) in [5, 5.41) is 5.37. The molecule has 0 spiro atoms. The molecule has 0 bridgehead atoms. The van der Waals surface area contributed by atoms with Crippen molar-refractivity contribution in [2.75, 3.05) is 0 Å². The first kappa shape index (κ1) is 11.0. The van der Waals surface area contributed by atoms with E-state index in [2.05, 4.69) is 15.9 Å². The van der Waals surface area contributed by atoms with E-state index in [4.69, 9.17) is 16.7 Å². The van der Waals surface area contributed by atoms with Gasteiger partial charge in [0, 0.05) is 4.47 Å². The first-order valence-electron chi connectivity index (χ1n) is 3.33. The average molecular weight is 285 g/mol. The molecule has 0 aliphatic carbocycles. The minimum absolute atomic E-state index is 0.214.